The molecule has 0 spiro atoms. The summed E-state index contributed by atoms with van der Waals surface area (Å²) in [6, 6.07) is 9.07. The van der Waals surface area contributed by atoms with Gasteiger partial charge in [0.15, 0.2) is 0 Å². The lowest BCUT2D eigenvalue weighted by Gasteiger charge is -2.07. The monoisotopic (exact) mass is 238 g/mol. The average molecular weight is 238 g/mol. The highest BCUT2D eigenvalue weighted by atomic mass is 32.2. The molecule has 0 heterocycles. The van der Waals surface area contributed by atoms with Gasteiger partial charge in [-0.05, 0) is 43.3 Å². The summed E-state index contributed by atoms with van der Waals surface area (Å²) in [4.78, 5) is 1.36. The molecule has 0 saturated heterocycles. The molecule has 0 aliphatic rings. The van der Waals surface area contributed by atoms with Gasteiger partial charge in [-0.25, -0.2) is 0 Å². The van der Waals surface area contributed by atoms with E-state index in [1.807, 2.05) is 18.7 Å². The van der Waals surface area contributed by atoms with Crippen LogP contribution in [0.15, 0.2) is 29.2 Å². The van der Waals surface area contributed by atoms with E-state index in [0.717, 1.165) is 25.3 Å². The first-order valence-corrected chi connectivity index (χ1v) is 6.89. The van der Waals surface area contributed by atoms with Gasteiger partial charge in [-0.1, -0.05) is 19.1 Å². The first-order valence-electron chi connectivity index (χ1n) is 5.90. The van der Waals surface area contributed by atoms with Gasteiger partial charge in [0, 0.05) is 17.5 Å². The van der Waals surface area contributed by atoms with Crippen LogP contribution in [0.3, 0.4) is 0 Å². The molecule has 1 unspecified atom stereocenters. The van der Waals surface area contributed by atoms with Gasteiger partial charge in [-0.15, -0.1) is 11.8 Å². The van der Waals surface area contributed by atoms with E-state index in [2.05, 4.69) is 36.5 Å². The van der Waals surface area contributed by atoms with E-state index >= 15 is 0 Å². The summed E-state index contributed by atoms with van der Waals surface area (Å²) in [5.74, 6) is 1.13. The number of benzene rings is 1. The van der Waals surface area contributed by atoms with Gasteiger partial charge in [0.05, 0.1) is 0 Å². The van der Waals surface area contributed by atoms with Crippen molar-refractivity contribution in [2.75, 3.05) is 18.8 Å². The summed E-state index contributed by atoms with van der Waals surface area (Å²) >= 11 is 1.88. The molecular weight excluding hydrogens is 216 g/mol. The maximum absolute atomic E-state index is 5.66. The molecule has 0 fully saturated rings. The van der Waals surface area contributed by atoms with E-state index < -0.39 is 0 Å². The lowest BCUT2D eigenvalue weighted by atomic mass is 10.1. The van der Waals surface area contributed by atoms with E-state index in [-0.39, 0.29) is 6.04 Å². The number of hydrogen-bond acceptors (Lipinski definition) is 3. The third-order valence-corrected chi connectivity index (χ3v) is 3.19. The number of rotatable bonds is 7. The van der Waals surface area contributed by atoms with Gasteiger partial charge in [0.25, 0.3) is 0 Å². The molecule has 1 atom stereocenters. The highest BCUT2D eigenvalue weighted by Crippen LogP contribution is 2.17. The van der Waals surface area contributed by atoms with Crippen molar-refractivity contribution in [1.29, 1.82) is 0 Å². The van der Waals surface area contributed by atoms with Crippen LogP contribution in [0, 0.1) is 0 Å². The van der Waals surface area contributed by atoms with Crippen LogP contribution in [0.4, 0.5) is 0 Å². The normalized spacial score (nSPS) is 12.7. The Kier molecular flexibility index (Phi) is 6.53. The Labute approximate surface area is 103 Å². The fraction of sp³-hybridized carbons (Fsp3) is 0.538. The van der Waals surface area contributed by atoms with Crippen LogP contribution in [-0.2, 0) is 6.42 Å². The van der Waals surface area contributed by atoms with Crippen molar-refractivity contribution < 1.29 is 0 Å². The fourth-order valence-corrected chi connectivity index (χ4v) is 2.14. The molecular formula is C13H22N2S. The first kappa shape index (κ1) is 13.6. The van der Waals surface area contributed by atoms with Gasteiger partial charge >= 0.3 is 0 Å². The summed E-state index contributed by atoms with van der Waals surface area (Å²) in [6.07, 6.45) is 1.07. The van der Waals surface area contributed by atoms with Gasteiger partial charge < -0.3 is 11.1 Å². The molecule has 0 saturated carbocycles. The summed E-state index contributed by atoms with van der Waals surface area (Å²) in [7, 11) is 0. The maximum Gasteiger partial charge on any atom is 0.0136 e. The van der Waals surface area contributed by atoms with Crippen LogP contribution < -0.4 is 11.1 Å². The topological polar surface area (TPSA) is 38.0 Å². The second-order valence-corrected chi connectivity index (χ2v) is 5.35. The van der Waals surface area contributed by atoms with Crippen LogP contribution in [0.1, 0.15) is 19.4 Å². The molecule has 1 rings (SSSR count). The van der Waals surface area contributed by atoms with E-state index in [0.29, 0.717) is 0 Å². The Morgan fingerprint density at radius 3 is 2.56 bits per heavy atom. The zero-order valence-electron chi connectivity index (χ0n) is 10.2. The highest BCUT2D eigenvalue weighted by molar-refractivity contribution is 7.99. The predicted molar refractivity (Wildman–Crippen MR) is 73.1 cm³/mol. The van der Waals surface area contributed by atoms with Crippen molar-refractivity contribution >= 4 is 11.8 Å². The lowest BCUT2D eigenvalue weighted by molar-refractivity contribution is 0.609. The molecule has 1 aromatic carbocycles. The average Bonchev–Trinajstić information content (AvgIpc) is 2.27. The molecule has 0 aromatic heterocycles. The van der Waals surface area contributed by atoms with Crippen molar-refractivity contribution in [3.63, 3.8) is 0 Å². The van der Waals surface area contributed by atoms with Crippen LogP contribution in [0.5, 0.6) is 0 Å². The number of nitrogens with one attached hydrogen (secondary N) is 1. The zero-order valence-corrected chi connectivity index (χ0v) is 11.0. The van der Waals surface area contributed by atoms with Gasteiger partial charge in [-0.2, -0.15) is 0 Å². The fourth-order valence-electron chi connectivity index (χ4n) is 1.48. The zero-order chi connectivity index (χ0) is 11.8. The Hall–Kier alpha value is -0.510. The summed E-state index contributed by atoms with van der Waals surface area (Å²) in [5.41, 5.74) is 7.05. The molecule has 3 heteroatoms. The van der Waals surface area contributed by atoms with Crippen LogP contribution in [0.25, 0.3) is 0 Å². The number of hydrogen-bond donors (Lipinski definition) is 2. The van der Waals surface area contributed by atoms with Gasteiger partial charge in [-0.3, -0.25) is 0 Å². The summed E-state index contributed by atoms with van der Waals surface area (Å²) in [6.45, 7) is 6.09. The molecule has 1 aromatic rings. The van der Waals surface area contributed by atoms with Crippen molar-refractivity contribution in [3.8, 4) is 0 Å². The Morgan fingerprint density at radius 1 is 1.31 bits per heavy atom. The Balaban J connectivity index is 2.26. The Morgan fingerprint density at radius 2 is 2.00 bits per heavy atom. The van der Waals surface area contributed by atoms with Gasteiger partial charge in [0.2, 0.25) is 0 Å². The Bertz CT molecular complexity index is 282. The molecule has 0 aliphatic carbocycles. The summed E-state index contributed by atoms with van der Waals surface area (Å²) < 4.78 is 0. The van der Waals surface area contributed by atoms with Gasteiger partial charge in [0.1, 0.15) is 0 Å². The van der Waals surface area contributed by atoms with Crippen molar-refractivity contribution in [1.82, 2.24) is 5.32 Å². The second kappa shape index (κ2) is 7.71. The summed E-state index contributed by atoms with van der Waals surface area (Å²) in [5, 5.41) is 3.34. The largest absolute Gasteiger partial charge is 0.327 e. The molecule has 16 heavy (non-hydrogen) atoms. The van der Waals surface area contributed by atoms with Crippen LogP contribution in [0.2, 0.25) is 0 Å². The van der Waals surface area contributed by atoms with E-state index in [4.69, 9.17) is 5.73 Å². The second-order valence-electron chi connectivity index (χ2n) is 4.01. The standard InChI is InChI=1S/C13H22N2S/c1-3-16-13-6-4-12(5-7-13)8-9-15-10-11(2)14/h4-7,11,15H,3,8-10,14H2,1-2H3. The third kappa shape index (κ3) is 5.54. The third-order valence-electron chi connectivity index (χ3n) is 2.29. The van der Waals surface area contributed by atoms with Crippen molar-refractivity contribution in [2.45, 2.75) is 31.2 Å². The minimum atomic E-state index is 0.239. The molecule has 2 nitrogen and oxygen atoms in total. The molecule has 0 radical (unpaired) electrons. The van der Waals surface area contributed by atoms with Crippen LogP contribution in [-0.4, -0.2) is 24.9 Å². The van der Waals surface area contributed by atoms with E-state index in [9.17, 15) is 0 Å². The SMILES string of the molecule is CCSc1ccc(CCNCC(C)N)cc1. The molecule has 0 amide bonds. The van der Waals surface area contributed by atoms with Crippen molar-refractivity contribution in [2.24, 2.45) is 5.73 Å². The van der Waals surface area contributed by atoms with E-state index in [1.165, 1.54) is 10.5 Å². The van der Waals surface area contributed by atoms with Crippen molar-refractivity contribution in [3.05, 3.63) is 29.8 Å². The predicted octanol–water partition coefficient (Wildman–Crippen LogP) is 2.28. The molecule has 0 bridgehead atoms. The minimum absolute atomic E-state index is 0.239. The highest BCUT2D eigenvalue weighted by Gasteiger charge is 1.96. The van der Waals surface area contributed by atoms with E-state index in [1.54, 1.807) is 0 Å². The first-order chi connectivity index (χ1) is 7.72. The maximum atomic E-state index is 5.66. The minimum Gasteiger partial charge on any atom is -0.327 e. The number of nitrogens with two attached hydrogens (primary N) is 1. The quantitative estimate of drug-likeness (QED) is 0.565. The molecule has 3 N–H and O–H groups in total. The molecule has 0 aliphatic heterocycles. The smallest absolute Gasteiger partial charge is 0.0136 e. The molecule has 90 valence electrons. The van der Waals surface area contributed by atoms with Crippen LogP contribution >= 0.6 is 11.8 Å². The number of thioether (sulfide) groups is 1. The lowest BCUT2D eigenvalue weighted by Crippen LogP contribution is -2.32.